The predicted molar refractivity (Wildman–Crippen MR) is 174 cm³/mol. The fourth-order valence-corrected chi connectivity index (χ4v) is 6.30. The average molecular weight is 683 g/mol. The van der Waals surface area contributed by atoms with Gasteiger partial charge in [0.25, 0.3) is 0 Å². The van der Waals surface area contributed by atoms with Gasteiger partial charge < -0.3 is 28.9 Å². The molecule has 0 radical (unpaired) electrons. The van der Waals surface area contributed by atoms with E-state index in [0.717, 1.165) is 16.2 Å². The maximum absolute atomic E-state index is 14.1. The summed E-state index contributed by atoms with van der Waals surface area (Å²) in [6, 6.07) is 5.32. The molecule has 1 N–H and O–H groups in total. The third kappa shape index (κ3) is 7.51. The molecule has 3 aromatic heterocycles. The Morgan fingerprint density at radius 3 is 2.45 bits per heavy atom. The molecule has 4 aromatic rings. The Kier molecular flexibility index (Phi) is 9.07. The summed E-state index contributed by atoms with van der Waals surface area (Å²) in [6.07, 6.45) is -0.976. The van der Waals surface area contributed by atoms with Crippen LogP contribution in [0.15, 0.2) is 36.8 Å². The summed E-state index contributed by atoms with van der Waals surface area (Å²) in [5.74, 6) is 1.04. The summed E-state index contributed by atoms with van der Waals surface area (Å²) in [4.78, 5) is 30.0. The van der Waals surface area contributed by atoms with Gasteiger partial charge in [-0.25, -0.2) is 19.7 Å². The van der Waals surface area contributed by atoms with Crippen LogP contribution in [0, 0.1) is 19.8 Å². The quantitative estimate of drug-likeness (QED) is 0.296. The molecule has 2 aliphatic rings. The van der Waals surface area contributed by atoms with Gasteiger partial charge >= 0.3 is 12.3 Å². The molecule has 6 rings (SSSR count). The van der Waals surface area contributed by atoms with E-state index in [4.69, 9.17) is 14.5 Å². The fraction of sp³-hybridized carbons (Fsp3) is 0.500. The molecule has 0 aliphatic carbocycles. The second kappa shape index (κ2) is 13.0. The first-order chi connectivity index (χ1) is 23.1. The number of amides is 1. The predicted octanol–water partition coefficient (Wildman–Crippen LogP) is 5.10. The molecule has 1 fully saturated rings. The molecule has 1 saturated heterocycles. The lowest BCUT2D eigenvalue weighted by molar-refractivity contribution is -0.141. The molecule has 12 nitrogen and oxygen atoms in total. The number of aryl methyl sites for hydroxylation is 3. The number of anilines is 1. The summed E-state index contributed by atoms with van der Waals surface area (Å²) >= 11 is 0. The number of hydrogen-bond acceptors (Lipinski definition) is 9. The molecule has 262 valence electrons. The second-order valence-electron chi connectivity index (χ2n) is 13.7. The molecule has 49 heavy (non-hydrogen) atoms. The second-order valence-corrected chi connectivity index (χ2v) is 13.7. The molecule has 2 atom stereocenters. The van der Waals surface area contributed by atoms with Crippen LogP contribution in [0.3, 0.4) is 0 Å². The highest BCUT2D eigenvalue weighted by molar-refractivity contribution is 5.75. The number of carbonyl (C=O) groups is 1. The Balaban J connectivity index is 1.26. The molecule has 1 amide bonds. The van der Waals surface area contributed by atoms with Crippen LogP contribution < -0.4 is 9.64 Å². The molecule has 2 aliphatic heterocycles. The van der Waals surface area contributed by atoms with E-state index in [1.165, 1.54) is 13.2 Å². The van der Waals surface area contributed by atoms with E-state index in [-0.39, 0.29) is 29.6 Å². The number of aliphatic hydroxyl groups is 1. The zero-order chi connectivity index (χ0) is 35.2. The van der Waals surface area contributed by atoms with E-state index >= 15 is 0 Å². The van der Waals surface area contributed by atoms with Crippen molar-refractivity contribution < 1.29 is 32.5 Å². The Hall–Kier alpha value is -4.66. The van der Waals surface area contributed by atoms with Crippen LogP contribution in [0.2, 0.25) is 0 Å². The van der Waals surface area contributed by atoms with Crippen LogP contribution in [-0.4, -0.2) is 83.8 Å². The zero-order valence-electron chi connectivity index (χ0n) is 28.5. The number of ether oxygens (including phenoxy) is 2. The Labute approximate surface area is 282 Å². The standard InChI is InChI=1S/C34H41F3N8O4/c1-20-13-24(40-31(39-20)43-9-11-44(12-10-43)32(47)49-33(3,4)5)16-23-19-48-29-25(27-18-42(6)41-30(27)34(35,36)37)14-22(15-26(29)28(23)46)17-45-8-7-38-21(45)2/h7-8,13-15,18,23,28,46H,9-12,16-17,19H2,1-6H3/t23-,28-/m0/s1. The smallest absolute Gasteiger partial charge is 0.435 e. The number of fused-ring (bicyclic) bond motifs is 1. The number of piperazine rings is 1. The highest BCUT2D eigenvalue weighted by Crippen LogP contribution is 2.46. The summed E-state index contributed by atoms with van der Waals surface area (Å²) in [6.45, 7) is 11.6. The molecule has 5 heterocycles. The van der Waals surface area contributed by atoms with E-state index in [2.05, 4.69) is 15.1 Å². The number of benzene rings is 1. The van der Waals surface area contributed by atoms with Crippen molar-refractivity contribution in [2.75, 3.05) is 37.7 Å². The van der Waals surface area contributed by atoms with Crippen molar-refractivity contribution in [1.29, 1.82) is 0 Å². The van der Waals surface area contributed by atoms with E-state index in [9.17, 15) is 23.1 Å². The maximum Gasteiger partial charge on any atom is 0.435 e. The van der Waals surface area contributed by atoms with E-state index in [1.54, 1.807) is 29.4 Å². The first kappa shape index (κ1) is 34.2. The summed E-state index contributed by atoms with van der Waals surface area (Å²) < 4.78 is 57.1. The summed E-state index contributed by atoms with van der Waals surface area (Å²) in [5.41, 5.74) is 1.03. The Morgan fingerprint density at radius 2 is 1.80 bits per heavy atom. The number of imidazole rings is 1. The first-order valence-corrected chi connectivity index (χ1v) is 16.2. The van der Waals surface area contributed by atoms with Crippen molar-refractivity contribution in [3.8, 4) is 16.9 Å². The number of halogens is 3. The van der Waals surface area contributed by atoms with Gasteiger partial charge in [0.1, 0.15) is 17.2 Å². The van der Waals surface area contributed by atoms with Gasteiger partial charge in [-0.15, -0.1) is 0 Å². The molecule has 0 bridgehead atoms. The number of aromatic nitrogens is 6. The lowest BCUT2D eigenvalue weighted by atomic mass is 9.86. The van der Waals surface area contributed by atoms with Crippen LogP contribution in [0.5, 0.6) is 5.75 Å². The highest BCUT2D eigenvalue weighted by Gasteiger charge is 2.40. The minimum atomic E-state index is -4.69. The lowest BCUT2D eigenvalue weighted by Crippen LogP contribution is -2.50. The first-order valence-electron chi connectivity index (χ1n) is 16.2. The van der Waals surface area contributed by atoms with Crippen LogP contribution in [0.25, 0.3) is 11.1 Å². The van der Waals surface area contributed by atoms with Crippen molar-refractivity contribution in [1.82, 2.24) is 34.2 Å². The van der Waals surface area contributed by atoms with Crippen molar-refractivity contribution in [3.63, 3.8) is 0 Å². The number of alkyl halides is 3. The molecular formula is C34H41F3N8O4. The largest absolute Gasteiger partial charge is 0.492 e. The molecular weight excluding hydrogens is 641 g/mol. The van der Waals surface area contributed by atoms with Crippen LogP contribution in [0.1, 0.15) is 60.9 Å². The van der Waals surface area contributed by atoms with E-state index in [0.29, 0.717) is 61.9 Å². The van der Waals surface area contributed by atoms with Gasteiger partial charge in [0.15, 0.2) is 5.69 Å². The topological polar surface area (TPSA) is 124 Å². The number of rotatable bonds is 6. The normalized spacial score (nSPS) is 18.3. The fourth-order valence-electron chi connectivity index (χ4n) is 6.30. The third-order valence-corrected chi connectivity index (χ3v) is 8.63. The zero-order valence-corrected chi connectivity index (χ0v) is 28.5. The van der Waals surface area contributed by atoms with Gasteiger partial charge in [0.05, 0.1) is 12.7 Å². The third-order valence-electron chi connectivity index (χ3n) is 8.63. The van der Waals surface area contributed by atoms with Crippen molar-refractivity contribution in [3.05, 3.63) is 70.8 Å². The number of aliphatic hydroxyl groups excluding tert-OH is 1. The van der Waals surface area contributed by atoms with Crippen LogP contribution in [-0.2, 0) is 30.9 Å². The van der Waals surface area contributed by atoms with E-state index in [1.807, 2.05) is 50.2 Å². The van der Waals surface area contributed by atoms with Crippen LogP contribution in [0.4, 0.5) is 23.9 Å². The number of carbonyl (C=O) groups excluding carboxylic acids is 1. The Bertz CT molecular complexity index is 1840. The molecule has 0 saturated carbocycles. The SMILES string of the molecule is Cc1cc(C[C@H]2COc3c(-c4cn(C)nc4C(F)(F)F)cc(Cn4ccnc4C)cc3[C@H]2O)nc(N2CCN(C(=O)OC(C)(C)C)CC2)n1. The summed E-state index contributed by atoms with van der Waals surface area (Å²) in [7, 11) is 1.44. The van der Waals surface area contributed by atoms with Gasteiger partial charge in [-0.3, -0.25) is 4.68 Å². The maximum atomic E-state index is 14.1. The molecule has 15 heteroatoms. The minimum absolute atomic E-state index is 0.0652. The van der Waals surface area contributed by atoms with Gasteiger partial charge in [0.2, 0.25) is 5.95 Å². The monoisotopic (exact) mass is 682 g/mol. The molecule has 1 aromatic carbocycles. The number of nitrogens with zero attached hydrogens (tertiary/aromatic N) is 8. The van der Waals surface area contributed by atoms with Gasteiger partial charge in [-0.2, -0.15) is 18.3 Å². The number of hydrogen-bond donors (Lipinski definition) is 1. The summed E-state index contributed by atoms with van der Waals surface area (Å²) in [5, 5.41) is 15.5. The van der Waals surface area contributed by atoms with Gasteiger partial charge in [0, 0.05) is 92.4 Å². The van der Waals surface area contributed by atoms with Gasteiger partial charge in [-0.1, -0.05) is 0 Å². The van der Waals surface area contributed by atoms with Crippen molar-refractivity contribution >= 4 is 12.0 Å². The molecule has 0 spiro atoms. The van der Waals surface area contributed by atoms with Crippen molar-refractivity contribution in [2.24, 2.45) is 13.0 Å². The average Bonchev–Trinajstić information content (AvgIpc) is 3.62. The Morgan fingerprint density at radius 1 is 1.06 bits per heavy atom. The van der Waals surface area contributed by atoms with Crippen LogP contribution >= 0.6 is 0 Å². The molecule has 0 unspecified atom stereocenters. The lowest BCUT2D eigenvalue weighted by Gasteiger charge is -2.36. The highest BCUT2D eigenvalue weighted by atomic mass is 19.4. The van der Waals surface area contributed by atoms with E-state index < -0.39 is 29.5 Å². The van der Waals surface area contributed by atoms with Crippen molar-refractivity contribution in [2.45, 2.75) is 65.5 Å². The van der Waals surface area contributed by atoms with Gasteiger partial charge in [-0.05, 0) is 64.8 Å². The minimum Gasteiger partial charge on any atom is -0.492 e.